The van der Waals surface area contributed by atoms with Gasteiger partial charge >= 0.3 is 0 Å². The highest BCUT2D eigenvalue weighted by atomic mass is 16.2. The number of hydrogen-bond donors (Lipinski definition) is 2. The van der Waals surface area contributed by atoms with E-state index in [1.54, 1.807) is 0 Å². The molecule has 26 heavy (non-hydrogen) atoms. The van der Waals surface area contributed by atoms with Gasteiger partial charge in [-0.15, -0.1) is 5.10 Å². The molecule has 2 amide bonds. The molecule has 1 aromatic heterocycles. The molecule has 1 saturated carbocycles. The molecule has 144 valence electrons. The van der Waals surface area contributed by atoms with Crippen LogP contribution in [0.2, 0.25) is 0 Å². The lowest BCUT2D eigenvalue weighted by molar-refractivity contribution is -0.132. The van der Waals surface area contributed by atoms with Gasteiger partial charge in [0, 0.05) is 18.6 Å². The highest BCUT2D eigenvalue weighted by molar-refractivity contribution is 5.91. The summed E-state index contributed by atoms with van der Waals surface area (Å²) in [6.45, 7) is 3.71. The van der Waals surface area contributed by atoms with Gasteiger partial charge in [-0.1, -0.05) is 25.7 Å². The van der Waals surface area contributed by atoms with Gasteiger partial charge < -0.3 is 10.6 Å². The molecule has 2 fully saturated rings. The summed E-state index contributed by atoms with van der Waals surface area (Å²) in [4.78, 5) is 31.0. The van der Waals surface area contributed by atoms with Gasteiger partial charge in [0.2, 0.25) is 17.8 Å². The number of nitrogens with one attached hydrogen (secondary N) is 1. The number of nitrogens with zero attached hydrogens (tertiary/aromatic N) is 4. The van der Waals surface area contributed by atoms with Crippen molar-refractivity contribution in [1.29, 1.82) is 0 Å². The lowest BCUT2D eigenvalue weighted by atomic mass is 9.74. The zero-order valence-corrected chi connectivity index (χ0v) is 15.6. The largest absolute Gasteiger partial charge is 0.341 e. The van der Waals surface area contributed by atoms with E-state index in [0.29, 0.717) is 0 Å². The number of likely N-dealkylation sites (tertiary alicyclic amines) is 1. The van der Waals surface area contributed by atoms with Crippen LogP contribution in [0.4, 0.5) is 5.95 Å². The van der Waals surface area contributed by atoms with Crippen molar-refractivity contribution in [2.24, 2.45) is 11.7 Å². The molecule has 0 spiro atoms. The van der Waals surface area contributed by atoms with Crippen LogP contribution in [0.5, 0.6) is 0 Å². The molecule has 3 rings (SSSR count). The van der Waals surface area contributed by atoms with Crippen molar-refractivity contribution in [2.45, 2.75) is 70.4 Å². The maximum atomic E-state index is 12.5. The van der Waals surface area contributed by atoms with Gasteiger partial charge in [-0.2, -0.15) is 0 Å². The number of aromatic nitrogens is 3. The van der Waals surface area contributed by atoms with E-state index in [1.165, 1.54) is 23.9 Å². The van der Waals surface area contributed by atoms with E-state index in [1.807, 2.05) is 11.8 Å². The Bertz CT molecular complexity index is 633. The van der Waals surface area contributed by atoms with Crippen molar-refractivity contribution in [3.05, 3.63) is 6.33 Å². The Labute approximate surface area is 154 Å². The van der Waals surface area contributed by atoms with Crippen LogP contribution in [0.1, 0.15) is 58.3 Å². The Morgan fingerprint density at radius 3 is 2.65 bits per heavy atom. The molecular formula is C18H30N6O2. The summed E-state index contributed by atoms with van der Waals surface area (Å²) in [5.74, 6) is -0.0789. The zero-order chi connectivity index (χ0) is 18.6. The van der Waals surface area contributed by atoms with E-state index in [2.05, 4.69) is 15.4 Å². The van der Waals surface area contributed by atoms with Gasteiger partial charge in [0.05, 0.1) is 5.92 Å². The van der Waals surface area contributed by atoms with Gasteiger partial charge in [0.15, 0.2) is 0 Å². The first-order valence-corrected chi connectivity index (χ1v) is 9.73. The van der Waals surface area contributed by atoms with E-state index >= 15 is 0 Å². The normalized spacial score (nSPS) is 27.0. The number of carbonyl (C=O) groups excluding carboxylic acids is 2. The molecule has 2 unspecified atom stereocenters. The second-order valence-corrected chi connectivity index (χ2v) is 7.85. The number of carbonyl (C=O) groups is 2. The van der Waals surface area contributed by atoms with Gasteiger partial charge in [-0.3, -0.25) is 14.9 Å². The number of rotatable bonds is 4. The van der Waals surface area contributed by atoms with Gasteiger partial charge in [0.25, 0.3) is 0 Å². The fourth-order valence-electron chi connectivity index (χ4n) is 3.97. The van der Waals surface area contributed by atoms with Crippen LogP contribution in [0.3, 0.4) is 0 Å². The standard InChI is InChI=1S/C18H30N6O2/c1-18(19)9-5-4-8-14(18)16(26)21-17-20-13-24(22-17)12-15(25)23-10-6-2-3-7-11-23/h13-14H,2-12,19H2,1H3,(H,21,22,26). The molecule has 0 aromatic carbocycles. The SMILES string of the molecule is CC1(N)CCCCC1C(=O)Nc1ncn(CC(=O)N2CCCCCC2)n1. The molecule has 1 aromatic rings. The minimum atomic E-state index is -0.492. The Morgan fingerprint density at radius 2 is 1.96 bits per heavy atom. The molecule has 2 aliphatic rings. The van der Waals surface area contributed by atoms with Gasteiger partial charge in [-0.05, 0) is 32.6 Å². The summed E-state index contributed by atoms with van der Waals surface area (Å²) in [6, 6.07) is 0. The maximum Gasteiger partial charge on any atom is 0.248 e. The minimum absolute atomic E-state index is 0.0523. The van der Waals surface area contributed by atoms with E-state index in [0.717, 1.165) is 51.6 Å². The average Bonchev–Trinajstić information content (AvgIpc) is 2.85. The Hall–Kier alpha value is -1.96. The third kappa shape index (κ3) is 4.60. The maximum absolute atomic E-state index is 12.5. The number of hydrogen-bond acceptors (Lipinski definition) is 5. The Balaban J connectivity index is 1.55. The first-order valence-electron chi connectivity index (χ1n) is 9.73. The van der Waals surface area contributed by atoms with Crippen LogP contribution in [-0.4, -0.2) is 50.1 Å². The summed E-state index contributed by atoms with van der Waals surface area (Å²) in [7, 11) is 0. The van der Waals surface area contributed by atoms with Crippen LogP contribution in [0.25, 0.3) is 0 Å². The molecule has 2 heterocycles. The quantitative estimate of drug-likeness (QED) is 0.845. The van der Waals surface area contributed by atoms with Crippen LogP contribution in [0, 0.1) is 5.92 Å². The van der Waals surface area contributed by atoms with E-state index in [9.17, 15) is 9.59 Å². The number of amides is 2. The minimum Gasteiger partial charge on any atom is -0.341 e. The number of nitrogens with two attached hydrogens (primary N) is 1. The molecule has 3 N–H and O–H groups in total. The van der Waals surface area contributed by atoms with Crippen LogP contribution in [-0.2, 0) is 16.1 Å². The predicted molar refractivity (Wildman–Crippen MR) is 98.3 cm³/mol. The molecule has 0 radical (unpaired) electrons. The fourth-order valence-corrected chi connectivity index (χ4v) is 3.97. The lowest BCUT2D eigenvalue weighted by Gasteiger charge is -2.36. The topological polar surface area (TPSA) is 106 Å². The third-order valence-electron chi connectivity index (χ3n) is 5.60. The summed E-state index contributed by atoms with van der Waals surface area (Å²) in [5, 5.41) is 7.00. The molecule has 0 bridgehead atoms. The summed E-state index contributed by atoms with van der Waals surface area (Å²) >= 11 is 0. The van der Waals surface area contributed by atoms with E-state index in [4.69, 9.17) is 5.73 Å². The van der Waals surface area contributed by atoms with Crippen molar-refractivity contribution in [3.8, 4) is 0 Å². The zero-order valence-electron chi connectivity index (χ0n) is 15.6. The summed E-state index contributed by atoms with van der Waals surface area (Å²) in [5.41, 5.74) is 5.79. The smallest absolute Gasteiger partial charge is 0.248 e. The molecule has 2 atom stereocenters. The Morgan fingerprint density at radius 1 is 1.23 bits per heavy atom. The fraction of sp³-hybridized carbons (Fsp3) is 0.778. The van der Waals surface area contributed by atoms with E-state index in [-0.39, 0.29) is 30.2 Å². The second-order valence-electron chi connectivity index (χ2n) is 7.85. The molecule has 1 aliphatic carbocycles. The first kappa shape index (κ1) is 18.8. The summed E-state index contributed by atoms with van der Waals surface area (Å²) in [6.07, 6.45) is 9.68. The molecule has 1 aliphatic heterocycles. The average molecular weight is 362 g/mol. The van der Waals surface area contributed by atoms with Crippen molar-refractivity contribution in [1.82, 2.24) is 19.7 Å². The third-order valence-corrected chi connectivity index (χ3v) is 5.60. The van der Waals surface area contributed by atoms with E-state index < -0.39 is 5.54 Å². The molecule has 8 nitrogen and oxygen atoms in total. The molecular weight excluding hydrogens is 332 g/mol. The van der Waals surface area contributed by atoms with Crippen LogP contribution in [0.15, 0.2) is 6.33 Å². The van der Waals surface area contributed by atoms with Gasteiger partial charge in [-0.25, -0.2) is 9.67 Å². The highest BCUT2D eigenvalue weighted by Gasteiger charge is 2.38. The summed E-state index contributed by atoms with van der Waals surface area (Å²) < 4.78 is 1.49. The van der Waals surface area contributed by atoms with Gasteiger partial charge in [0.1, 0.15) is 12.9 Å². The second kappa shape index (κ2) is 8.16. The monoisotopic (exact) mass is 362 g/mol. The highest BCUT2D eigenvalue weighted by Crippen LogP contribution is 2.32. The van der Waals surface area contributed by atoms with Crippen molar-refractivity contribution in [2.75, 3.05) is 18.4 Å². The first-order chi connectivity index (χ1) is 12.5. The number of anilines is 1. The Kier molecular flexibility index (Phi) is 5.90. The van der Waals surface area contributed by atoms with Crippen LogP contribution < -0.4 is 11.1 Å². The van der Waals surface area contributed by atoms with Crippen molar-refractivity contribution in [3.63, 3.8) is 0 Å². The molecule has 8 heteroatoms. The van der Waals surface area contributed by atoms with Crippen molar-refractivity contribution < 1.29 is 9.59 Å². The van der Waals surface area contributed by atoms with Crippen molar-refractivity contribution >= 4 is 17.8 Å². The molecule has 1 saturated heterocycles. The predicted octanol–water partition coefficient (Wildman–Crippen LogP) is 1.53. The lowest BCUT2D eigenvalue weighted by Crippen LogP contribution is -2.51. The van der Waals surface area contributed by atoms with Crippen LogP contribution >= 0.6 is 0 Å².